The molecule has 0 fully saturated rings. The summed E-state index contributed by atoms with van der Waals surface area (Å²) in [5.74, 6) is -0.739. The SMILES string of the molecule is Cc1ccc(N(C=O)C(CC(C)C)C(=O)O)s1. The van der Waals surface area contributed by atoms with Gasteiger partial charge in [0.1, 0.15) is 6.04 Å². The van der Waals surface area contributed by atoms with E-state index in [9.17, 15) is 14.7 Å². The first-order valence-corrected chi connectivity index (χ1v) is 6.30. The van der Waals surface area contributed by atoms with Crippen LogP contribution in [0.15, 0.2) is 12.1 Å². The first-order valence-electron chi connectivity index (χ1n) is 5.48. The molecule has 0 saturated carbocycles. The number of aliphatic carboxylic acids is 1. The van der Waals surface area contributed by atoms with Gasteiger partial charge >= 0.3 is 5.97 Å². The third-order valence-electron chi connectivity index (χ3n) is 2.41. The first kappa shape index (κ1) is 13.7. The number of rotatable bonds is 6. The normalized spacial score (nSPS) is 12.5. The minimum atomic E-state index is -0.961. The largest absolute Gasteiger partial charge is 0.480 e. The van der Waals surface area contributed by atoms with E-state index < -0.39 is 12.0 Å². The van der Waals surface area contributed by atoms with Crippen LogP contribution >= 0.6 is 11.3 Å². The smallest absolute Gasteiger partial charge is 0.326 e. The number of thiophene rings is 1. The number of amides is 1. The molecule has 5 heteroatoms. The van der Waals surface area contributed by atoms with Crippen molar-refractivity contribution in [2.24, 2.45) is 5.92 Å². The van der Waals surface area contributed by atoms with Gasteiger partial charge in [0, 0.05) is 4.88 Å². The molecular formula is C12H17NO3S. The molecule has 0 saturated heterocycles. The highest BCUT2D eigenvalue weighted by Gasteiger charge is 2.27. The fourth-order valence-electron chi connectivity index (χ4n) is 1.62. The Morgan fingerprint density at radius 3 is 2.53 bits per heavy atom. The van der Waals surface area contributed by atoms with Crippen LogP contribution in [0.5, 0.6) is 0 Å². The summed E-state index contributed by atoms with van der Waals surface area (Å²) in [6, 6.07) is 2.88. The summed E-state index contributed by atoms with van der Waals surface area (Å²) in [7, 11) is 0. The molecule has 1 amide bonds. The summed E-state index contributed by atoms with van der Waals surface area (Å²) >= 11 is 1.42. The minimum Gasteiger partial charge on any atom is -0.480 e. The third-order valence-corrected chi connectivity index (χ3v) is 3.42. The van der Waals surface area contributed by atoms with Gasteiger partial charge in [0.25, 0.3) is 0 Å². The van der Waals surface area contributed by atoms with Crippen molar-refractivity contribution in [1.82, 2.24) is 0 Å². The molecule has 0 bridgehead atoms. The molecular weight excluding hydrogens is 238 g/mol. The highest BCUT2D eigenvalue weighted by atomic mass is 32.1. The van der Waals surface area contributed by atoms with Crippen molar-refractivity contribution < 1.29 is 14.7 Å². The number of carbonyl (C=O) groups excluding carboxylic acids is 1. The second kappa shape index (κ2) is 5.82. The van der Waals surface area contributed by atoms with Crippen LogP contribution in [-0.4, -0.2) is 23.5 Å². The van der Waals surface area contributed by atoms with Crippen LogP contribution < -0.4 is 4.90 Å². The summed E-state index contributed by atoms with van der Waals surface area (Å²) in [6.45, 7) is 5.81. The lowest BCUT2D eigenvalue weighted by atomic mass is 10.0. The molecule has 94 valence electrons. The number of carboxylic acid groups (broad SMARTS) is 1. The quantitative estimate of drug-likeness (QED) is 0.795. The van der Waals surface area contributed by atoms with Gasteiger partial charge in [-0.15, -0.1) is 11.3 Å². The summed E-state index contributed by atoms with van der Waals surface area (Å²) < 4.78 is 0. The molecule has 1 aromatic heterocycles. The van der Waals surface area contributed by atoms with Crippen LogP contribution in [0.4, 0.5) is 5.00 Å². The molecule has 1 rings (SSSR count). The van der Waals surface area contributed by atoms with Gasteiger partial charge in [-0.25, -0.2) is 4.79 Å². The summed E-state index contributed by atoms with van der Waals surface area (Å²) in [4.78, 5) is 24.7. The number of carbonyl (C=O) groups is 2. The molecule has 17 heavy (non-hydrogen) atoms. The lowest BCUT2D eigenvalue weighted by Crippen LogP contribution is -2.41. The lowest BCUT2D eigenvalue weighted by molar-refractivity contribution is -0.139. The number of aryl methyl sites for hydroxylation is 1. The monoisotopic (exact) mass is 255 g/mol. The first-order chi connectivity index (χ1) is 7.95. The summed E-state index contributed by atoms with van der Waals surface area (Å²) in [5.41, 5.74) is 0. The molecule has 1 atom stereocenters. The van der Waals surface area contributed by atoms with E-state index in [0.29, 0.717) is 17.8 Å². The molecule has 1 aromatic rings. The van der Waals surface area contributed by atoms with Crippen LogP contribution in [0.3, 0.4) is 0 Å². The van der Waals surface area contributed by atoms with Crippen molar-refractivity contribution in [3.05, 3.63) is 17.0 Å². The van der Waals surface area contributed by atoms with Crippen LogP contribution in [0, 0.1) is 12.8 Å². The Morgan fingerprint density at radius 2 is 2.18 bits per heavy atom. The maximum absolute atomic E-state index is 11.2. The number of hydrogen-bond acceptors (Lipinski definition) is 3. The molecule has 1 unspecified atom stereocenters. The molecule has 0 radical (unpaired) electrons. The van der Waals surface area contributed by atoms with E-state index in [-0.39, 0.29) is 5.92 Å². The van der Waals surface area contributed by atoms with Crippen molar-refractivity contribution in [3.8, 4) is 0 Å². The van der Waals surface area contributed by atoms with Crippen molar-refractivity contribution in [1.29, 1.82) is 0 Å². The predicted octanol–water partition coefficient (Wildman–Crippen LogP) is 2.52. The molecule has 0 aliphatic heterocycles. The Labute approximate surface area is 105 Å². The van der Waals surface area contributed by atoms with Crippen molar-refractivity contribution >= 4 is 28.7 Å². The van der Waals surface area contributed by atoms with Crippen LogP contribution in [0.1, 0.15) is 25.1 Å². The average molecular weight is 255 g/mol. The van der Waals surface area contributed by atoms with Gasteiger partial charge in [-0.1, -0.05) is 13.8 Å². The molecule has 0 spiro atoms. The predicted molar refractivity (Wildman–Crippen MR) is 68.5 cm³/mol. The zero-order valence-corrected chi connectivity index (χ0v) is 11.0. The van der Waals surface area contributed by atoms with Gasteiger partial charge in [-0.3, -0.25) is 9.69 Å². The van der Waals surface area contributed by atoms with Gasteiger partial charge in [0.2, 0.25) is 6.41 Å². The van der Waals surface area contributed by atoms with E-state index in [1.807, 2.05) is 26.8 Å². The van der Waals surface area contributed by atoms with E-state index in [1.165, 1.54) is 16.2 Å². The van der Waals surface area contributed by atoms with Gasteiger partial charge in [0.15, 0.2) is 0 Å². The van der Waals surface area contributed by atoms with Crippen LogP contribution in [0.2, 0.25) is 0 Å². The van der Waals surface area contributed by atoms with Crippen molar-refractivity contribution in [2.45, 2.75) is 33.2 Å². The molecule has 0 aliphatic carbocycles. The van der Waals surface area contributed by atoms with E-state index in [0.717, 1.165) is 4.88 Å². The lowest BCUT2D eigenvalue weighted by Gasteiger charge is -2.24. The van der Waals surface area contributed by atoms with E-state index in [1.54, 1.807) is 6.07 Å². The second-order valence-electron chi connectivity index (χ2n) is 4.38. The van der Waals surface area contributed by atoms with Gasteiger partial charge in [0.05, 0.1) is 5.00 Å². The number of carboxylic acids is 1. The second-order valence-corrected chi connectivity index (χ2v) is 5.65. The van der Waals surface area contributed by atoms with Gasteiger partial charge < -0.3 is 5.11 Å². The Kier molecular flexibility index (Phi) is 4.69. The Hall–Kier alpha value is -1.36. The molecule has 1 heterocycles. The maximum Gasteiger partial charge on any atom is 0.326 e. The third kappa shape index (κ3) is 3.56. The van der Waals surface area contributed by atoms with Crippen molar-refractivity contribution in [2.75, 3.05) is 4.90 Å². The van der Waals surface area contributed by atoms with Gasteiger partial charge in [-0.2, -0.15) is 0 Å². The fourth-order valence-corrected chi connectivity index (χ4v) is 2.50. The maximum atomic E-state index is 11.2. The van der Waals surface area contributed by atoms with Crippen LogP contribution in [-0.2, 0) is 9.59 Å². The number of nitrogens with zero attached hydrogens (tertiary/aromatic N) is 1. The standard InChI is InChI=1S/C12H17NO3S/c1-8(2)6-10(12(15)16)13(7-14)11-5-4-9(3)17-11/h4-5,7-8,10H,6H2,1-3H3,(H,15,16). The highest BCUT2D eigenvalue weighted by Crippen LogP contribution is 2.27. The molecule has 0 aliphatic rings. The molecule has 1 N–H and O–H groups in total. The Bertz CT molecular complexity index is 400. The highest BCUT2D eigenvalue weighted by molar-refractivity contribution is 7.16. The Balaban J connectivity index is 2.96. The van der Waals surface area contributed by atoms with E-state index in [4.69, 9.17) is 0 Å². The van der Waals surface area contributed by atoms with E-state index in [2.05, 4.69) is 0 Å². The summed E-state index contributed by atoms with van der Waals surface area (Å²) in [6.07, 6.45) is 1.05. The average Bonchev–Trinajstić information content (AvgIpc) is 2.64. The molecule has 4 nitrogen and oxygen atoms in total. The number of anilines is 1. The number of hydrogen-bond donors (Lipinski definition) is 1. The van der Waals surface area contributed by atoms with Crippen molar-refractivity contribution in [3.63, 3.8) is 0 Å². The zero-order chi connectivity index (χ0) is 13.0. The fraction of sp³-hybridized carbons (Fsp3) is 0.500. The Morgan fingerprint density at radius 1 is 1.53 bits per heavy atom. The minimum absolute atomic E-state index is 0.222. The van der Waals surface area contributed by atoms with Crippen LogP contribution in [0.25, 0.3) is 0 Å². The zero-order valence-electron chi connectivity index (χ0n) is 10.2. The van der Waals surface area contributed by atoms with E-state index >= 15 is 0 Å². The topological polar surface area (TPSA) is 57.6 Å². The van der Waals surface area contributed by atoms with Gasteiger partial charge in [-0.05, 0) is 31.4 Å². The molecule has 0 aromatic carbocycles. The summed E-state index contributed by atoms with van der Waals surface area (Å²) in [5, 5.41) is 9.88.